The van der Waals surface area contributed by atoms with Gasteiger partial charge in [0.1, 0.15) is 0 Å². The summed E-state index contributed by atoms with van der Waals surface area (Å²) in [5.74, 6) is 0.163. The number of hydrogen-bond acceptors (Lipinski definition) is 5. The van der Waals surface area contributed by atoms with Gasteiger partial charge in [-0.15, -0.1) is 0 Å². The Labute approximate surface area is 117 Å². The minimum Gasteiger partial charge on any atom is -0.384 e. The molecule has 0 bridgehead atoms. The number of anilines is 2. The van der Waals surface area contributed by atoms with E-state index in [1.165, 1.54) is 0 Å². The highest BCUT2D eigenvalue weighted by atomic mass is 32.2. The minimum atomic E-state index is -3.67. The minimum absolute atomic E-state index is 0.163. The monoisotopic (exact) mass is 293 g/mol. The SMILES string of the molecule is Cc1noc(NS(=O)(=O)c2ccc3c(c2)NCC3)c1C. The van der Waals surface area contributed by atoms with Crippen LogP contribution in [-0.4, -0.2) is 20.1 Å². The van der Waals surface area contributed by atoms with Crippen LogP contribution in [0.3, 0.4) is 0 Å². The lowest BCUT2D eigenvalue weighted by Gasteiger charge is -2.07. The fourth-order valence-electron chi connectivity index (χ4n) is 2.13. The van der Waals surface area contributed by atoms with Crippen LogP contribution in [-0.2, 0) is 16.4 Å². The van der Waals surface area contributed by atoms with Crippen molar-refractivity contribution in [2.24, 2.45) is 0 Å². The van der Waals surface area contributed by atoms with E-state index in [9.17, 15) is 8.42 Å². The Morgan fingerprint density at radius 2 is 2.15 bits per heavy atom. The summed E-state index contributed by atoms with van der Waals surface area (Å²) in [6, 6.07) is 5.08. The predicted octanol–water partition coefficient (Wildman–Crippen LogP) is 2.06. The van der Waals surface area contributed by atoms with E-state index in [1.54, 1.807) is 26.0 Å². The highest BCUT2D eigenvalue weighted by Crippen LogP contribution is 2.27. The molecule has 0 atom stereocenters. The molecule has 20 heavy (non-hydrogen) atoms. The van der Waals surface area contributed by atoms with Gasteiger partial charge in [-0.25, -0.2) is 13.1 Å². The van der Waals surface area contributed by atoms with Crippen LogP contribution in [0.4, 0.5) is 11.6 Å². The standard InChI is InChI=1S/C13H15N3O3S/c1-8-9(2)15-19-13(8)16-20(17,18)11-4-3-10-5-6-14-12(10)7-11/h3-4,7,14,16H,5-6H2,1-2H3. The van der Waals surface area contributed by atoms with Crippen molar-refractivity contribution in [2.45, 2.75) is 25.2 Å². The maximum atomic E-state index is 12.3. The lowest BCUT2D eigenvalue weighted by atomic mass is 10.2. The Morgan fingerprint density at radius 3 is 2.85 bits per heavy atom. The van der Waals surface area contributed by atoms with Gasteiger partial charge in [0.15, 0.2) is 0 Å². The molecule has 1 aliphatic rings. The quantitative estimate of drug-likeness (QED) is 0.905. The van der Waals surface area contributed by atoms with Gasteiger partial charge >= 0.3 is 0 Å². The molecule has 2 aromatic rings. The first-order valence-corrected chi connectivity index (χ1v) is 7.78. The van der Waals surface area contributed by atoms with E-state index in [2.05, 4.69) is 15.2 Å². The second kappa shape index (κ2) is 4.52. The molecule has 1 aliphatic heterocycles. The number of nitrogens with one attached hydrogen (secondary N) is 2. The van der Waals surface area contributed by atoms with E-state index < -0.39 is 10.0 Å². The summed E-state index contributed by atoms with van der Waals surface area (Å²) in [5, 5.41) is 6.90. The Bertz CT molecular complexity index is 765. The zero-order valence-corrected chi connectivity index (χ0v) is 12.0. The third-order valence-electron chi connectivity index (χ3n) is 3.49. The van der Waals surface area contributed by atoms with Crippen LogP contribution in [0.2, 0.25) is 0 Å². The van der Waals surface area contributed by atoms with Gasteiger partial charge < -0.3 is 9.84 Å². The molecule has 0 aliphatic carbocycles. The third kappa shape index (κ3) is 2.14. The predicted molar refractivity (Wildman–Crippen MR) is 75.4 cm³/mol. The molecule has 2 N–H and O–H groups in total. The summed E-state index contributed by atoms with van der Waals surface area (Å²) < 4.78 is 32.1. The molecule has 7 heteroatoms. The summed E-state index contributed by atoms with van der Waals surface area (Å²) in [6.45, 7) is 4.36. The number of fused-ring (bicyclic) bond motifs is 1. The van der Waals surface area contributed by atoms with Crippen molar-refractivity contribution >= 4 is 21.6 Å². The van der Waals surface area contributed by atoms with Gasteiger partial charge in [0, 0.05) is 17.8 Å². The average Bonchev–Trinajstić information content (AvgIpc) is 2.99. The molecular weight excluding hydrogens is 278 g/mol. The Hall–Kier alpha value is -2.02. The molecule has 2 heterocycles. The van der Waals surface area contributed by atoms with E-state index in [0.717, 1.165) is 24.2 Å². The van der Waals surface area contributed by atoms with Crippen LogP contribution in [0.25, 0.3) is 0 Å². The molecule has 0 amide bonds. The topological polar surface area (TPSA) is 84.2 Å². The van der Waals surface area contributed by atoms with Crippen LogP contribution in [0.15, 0.2) is 27.6 Å². The van der Waals surface area contributed by atoms with Crippen molar-refractivity contribution in [3.8, 4) is 0 Å². The molecule has 106 valence electrons. The third-order valence-corrected chi connectivity index (χ3v) is 4.81. The Kier molecular flexibility index (Phi) is 2.93. The van der Waals surface area contributed by atoms with Gasteiger partial charge in [-0.05, 0) is 38.0 Å². The van der Waals surface area contributed by atoms with E-state index in [1.807, 2.05) is 6.07 Å². The highest BCUT2D eigenvalue weighted by Gasteiger charge is 2.21. The first kappa shape index (κ1) is 13.0. The summed E-state index contributed by atoms with van der Waals surface area (Å²) in [6.07, 6.45) is 0.920. The number of hydrogen-bond donors (Lipinski definition) is 2. The van der Waals surface area contributed by atoms with Crippen molar-refractivity contribution in [3.63, 3.8) is 0 Å². The van der Waals surface area contributed by atoms with Crippen LogP contribution >= 0.6 is 0 Å². The first-order valence-electron chi connectivity index (χ1n) is 6.30. The fourth-order valence-corrected chi connectivity index (χ4v) is 3.20. The van der Waals surface area contributed by atoms with Crippen LogP contribution in [0.5, 0.6) is 0 Å². The Morgan fingerprint density at radius 1 is 1.35 bits per heavy atom. The molecule has 1 aromatic carbocycles. The zero-order chi connectivity index (χ0) is 14.3. The smallest absolute Gasteiger partial charge is 0.264 e. The molecule has 0 fully saturated rings. The van der Waals surface area contributed by atoms with Crippen LogP contribution < -0.4 is 10.0 Å². The van der Waals surface area contributed by atoms with Crippen molar-refractivity contribution < 1.29 is 12.9 Å². The van der Waals surface area contributed by atoms with E-state index >= 15 is 0 Å². The second-order valence-corrected chi connectivity index (χ2v) is 6.51. The van der Waals surface area contributed by atoms with E-state index in [-0.39, 0.29) is 10.8 Å². The van der Waals surface area contributed by atoms with Gasteiger partial charge in [-0.3, -0.25) is 0 Å². The van der Waals surface area contributed by atoms with Crippen molar-refractivity contribution in [2.75, 3.05) is 16.6 Å². The summed E-state index contributed by atoms with van der Waals surface area (Å²) >= 11 is 0. The lowest BCUT2D eigenvalue weighted by Crippen LogP contribution is -2.13. The molecule has 0 unspecified atom stereocenters. The summed E-state index contributed by atoms with van der Waals surface area (Å²) in [5.41, 5.74) is 3.36. The number of benzene rings is 1. The lowest BCUT2D eigenvalue weighted by molar-refractivity contribution is 0.430. The van der Waals surface area contributed by atoms with Gasteiger partial charge in [-0.1, -0.05) is 11.2 Å². The number of rotatable bonds is 3. The van der Waals surface area contributed by atoms with Gasteiger partial charge in [0.25, 0.3) is 10.0 Å². The van der Waals surface area contributed by atoms with Gasteiger partial charge in [-0.2, -0.15) is 0 Å². The maximum Gasteiger partial charge on any atom is 0.264 e. The largest absolute Gasteiger partial charge is 0.384 e. The van der Waals surface area contributed by atoms with Gasteiger partial charge in [0.05, 0.1) is 10.6 Å². The van der Waals surface area contributed by atoms with Crippen LogP contribution in [0.1, 0.15) is 16.8 Å². The van der Waals surface area contributed by atoms with Crippen molar-refractivity contribution in [1.82, 2.24) is 5.16 Å². The van der Waals surface area contributed by atoms with Crippen molar-refractivity contribution in [1.29, 1.82) is 0 Å². The van der Waals surface area contributed by atoms with Crippen molar-refractivity contribution in [3.05, 3.63) is 35.0 Å². The highest BCUT2D eigenvalue weighted by molar-refractivity contribution is 7.92. The van der Waals surface area contributed by atoms with Crippen LogP contribution in [0, 0.1) is 13.8 Å². The van der Waals surface area contributed by atoms with E-state index in [4.69, 9.17) is 4.52 Å². The maximum absolute atomic E-state index is 12.3. The molecule has 0 spiro atoms. The number of aryl methyl sites for hydroxylation is 1. The second-order valence-electron chi connectivity index (χ2n) is 4.82. The molecule has 0 saturated heterocycles. The molecule has 1 aromatic heterocycles. The molecule has 6 nitrogen and oxygen atoms in total. The molecule has 3 rings (SSSR count). The molecule has 0 radical (unpaired) electrons. The first-order chi connectivity index (χ1) is 9.47. The number of nitrogens with zero attached hydrogens (tertiary/aromatic N) is 1. The van der Waals surface area contributed by atoms with E-state index in [0.29, 0.717) is 11.3 Å². The fraction of sp³-hybridized carbons (Fsp3) is 0.308. The normalized spacial score (nSPS) is 13.9. The number of aromatic nitrogens is 1. The molecule has 0 saturated carbocycles. The Balaban J connectivity index is 1.94. The average molecular weight is 293 g/mol. The summed E-state index contributed by atoms with van der Waals surface area (Å²) in [4.78, 5) is 0.208. The zero-order valence-electron chi connectivity index (χ0n) is 11.2. The number of sulfonamides is 1. The van der Waals surface area contributed by atoms with Gasteiger partial charge in [0.2, 0.25) is 5.88 Å². The molecular formula is C13H15N3O3S. The summed E-state index contributed by atoms with van der Waals surface area (Å²) in [7, 11) is -3.67.